The molecule has 0 saturated heterocycles. The Morgan fingerprint density at radius 1 is 1.24 bits per heavy atom. The molecule has 0 amide bonds. The lowest BCUT2D eigenvalue weighted by Crippen LogP contribution is -2.28. The van der Waals surface area contributed by atoms with Crippen molar-refractivity contribution in [2.24, 2.45) is 5.73 Å². The maximum atomic E-state index is 6.27. The zero-order valence-electron chi connectivity index (χ0n) is 13.2. The Morgan fingerprint density at radius 3 is 2.43 bits per heavy atom. The van der Waals surface area contributed by atoms with Gasteiger partial charge in [0.15, 0.2) is 11.5 Å². The second-order valence-corrected chi connectivity index (χ2v) is 6.41. The number of benzene rings is 1. The fourth-order valence-corrected chi connectivity index (χ4v) is 3.46. The minimum absolute atomic E-state index is 0.395. The first kappa shape index (κ1) is 15.8. The largest absolute Gasteiger partial charge is 0.493 e. The number of nitrogens with two attached hydrogens (primary N) is 1. The number of thiazole rings is 1. The third-order valence-electron chi connectivity index (χ3n) is 3.25. The minimum atomic E-state index is -0.395. The van der Waals surface area contributed by atoms with Gasteiger partial charge in [-0.1, -0.05) is 13.0 Å². The van der Waals surface area contributed by atoms with Crippen LogP contribution in [0.15, 0.2) is 18.2 Å². The van der Waals surface area contributed by atoms with E-state index >= 15 is 0 Å². The fraction of sp³-hybridized carbons (Fsp3) is 0.438. The normalized spacial score (nSPS) is 11.5. The van der Waals surface area contributed by atoms with Crippen LogP contribution in [0.4, 0.5) is 0 Å². The SMILES string of the molecule is CCc1nc(-c2cccc(OC)c2OC)sc1C(C)(C)N. The maximum Gasteiger partial charge on any atom is 0.170 e. The Balaban J connectivity index is 2.60. The summed E-state index contributed by atoms with van der Waals surface area (Å²) in [7, 11) is 3.28. The molecule has 5 heteroatoms. The third kappa shape index (κ3) is 3.04. The van der Waals surface area contributed by atoms with Gasteiger partial charge in [0.25, 0.3) is 0 Å². The molecule has 0 aliphatic carbocycles. The van der Waals surface area contributed by atoms with Gasteiger partial charge in [0, 0.05) is 10.4 Å². The van der Waals surface area contributed by atoms with Crippen molar-refractivity contribution in [3.63, 3.8) is 0 Å². The Bertz CT molecular complexity index is 630. The van der Waals surface area contributed by atoms with E-state index in [4.69, 9.17) is 20.2 Å². The molecule has 0 fully saturated rings. The van der Waals surface area contributed by atoms with Crippen molar-refractivity contribution < 1.29 is 9.47 Å². The number of methoxy groups -OCH3 is 2. The molecule has 2 rings (SSSR count). The number of hydrogen-bond donors (Lipinski definition) is 1. The van der Waals surface area contributed by atoms with E-state index in [1.807, 2.05) is 32.0 Å². The number of para-hydroxylation sites is 1. The summed E-state index contributed by atoms with van der Waals surface area (Å²) in [5, 5.41) is 0.913. The van der Waals surface area contributed by atoms with E-state index in [1.54, 1.807) is 25.6 Å². The molecule has 1 aromatic heterocycles. The Labute approximate surface area is 129 Å². The average molecular weight is 306 g/mol. The maximum absolute atomic E-state index is 6.27. The number of hydrogen-bond acceptors (Lipinski definition) is 5. The second kappa shape index (κ2) is 6.03. The van der Waals surface area contributed by atoms with Crippen LogP contribution >= 0.6 is 11.3 Å². The molecular formula is C16H22N2O2S. The monoisotopic (exact) mass is 306 g/mol. The molecule has 2 aromatic rings. The molecule has 0 aliphatic rings. The Kier molecular flexibility index (Phi) is 4.54. The van der Waals surface area contributed by atoms with E-state index in [0.717, 1.165) is 27.6 Å². The lowest BCUT2D eigenvalue weighted by molar-refractivity contribution is 0.356. The molecule has 0 atom stereocenters. The number of nitrogens with zero attached hydrogens (tertiary/aromatic N) is 1. The molecule has 0 unspecified atom stereocenters. The summed E-state index contributed by atoms with van der Waals surface area (Å²) < 4.78 is 10.9. The van der Waals surface area contributed by atoms with Crippen LogP contribution in [0.5, 0.6) is 11.5 Å². The first-order chi connectivity index (χ1) is 9.92. The standard InChI is InChI=1S/C16H22N2O2S/c1-6-11-14(16(2,3)17)21-15(18-11)10-8-7-9-12(19-4)13(10)20-5/h7-9H,6,17H2,1-5H3. The van der Waals surface area contributed by atoms with Crippen molar-refractivity contribution in [2.45, 2.75) is 32.7 Å². The summed E-state index contributed by atoms with van der Waals surface area (Å²) in [6, 6.07) is 5.81. The van der Waals surface area contributed by atoms with Gasteiger partial charge in [0.2, 0.25) is 0 Å². The van der Waals surface area contributed by atoms with Crippen LogP contribution in [-0.2, 0) is 12.0 Å². The van der Waals surface area contributed by atoms with Gasteiger partial charge in [0.05, 0.1) is 25.5 Å². The predicted molar refractivity (Wildman–Crippen MR) is 87.2 cm³/mol. The molecule has 0 radical (unpaired) electrons. The van der Waals surface area contributed by atoms with E-state index in [1.165, 1.54) is 0 Å². The van der Waals surface area contributed by atoms with Crippen molar-refractivity contribution in [1.82, 2.24) is 4.98 Å². The Morgan fingerprint density at radius 2 is 1.95 bits per heavy atom. The topological polar surface area (TPSA) is 57.4 Å². The summed E-state index contributed by atoms with van der Waals surface area (Å²) >= 11 is 1.62. The molecule has 0 aliphatic heterocycles. The van der Waals surface area contributed by atoms with E-state index in [0.29, 0.717) is 11.5 Å². The van der Waals surface area contributed by atoms with Gasteiger partial charge in [-0.05, 0) is 32.4 Å². The average Bonchev–Trinajstić information content (AvgIpc) is 2.90. The highest BCUT2D eigenvalue weighted by molar-refractivity contribution is 7.15. The highest BCUT2D eigenvalue weighted by atomic mass is 32.1. The number of ether oxygens (including phenoxy) is 2. The number of aromatic nitrogens is 1. The van der Waals surface area contributed by atoms with E-state index < -0.39 is 5.54 Å². The lowest BCUT2D eigenvalue weighted by atomic mass is 10.0. The molecule has 4 nitrogen and oxygen atoms in total. The lowest BCUT2D eigenvalue weighted by Gasteiger charge is -2.17. The molecule has 0 spiro atoms. The van der Waals surface area contributed by atoms with Gasteiger partial charge in [0.1, 0.15) is 5.01 Å². The molecular weight excluding hydrogens is 284 g/mol. The van der Waals surface area contributed by atoms with E-state index in [2.05, 4.69) is 6.92 Å². The molecule has 1 aromatic carbocycles. The smallest absolute Gasteiger partial charge is 0.170 e. The second-order valence-electron chi connectivity index (χ2n) is 5.41. The minimum Gasteiger partial charge on any atom is -0.493 e. The number of rotatable bonds is 5. The summed E-state index contributed by atoms with van der Waals surface area (Å²) in [5.74, 6) is 1.41. The van der Waals surface area contributed by atoms with Crippen molar-refractivity contribution in [3.05, 3.63) is 28.8 Å². The Hall–Kier alpha value is -1.59. The zero-order chi connectivity index (χ0) is 15.6. The predicted octanol–water partition coefficient (Wildman–Crippen LogP) is 3.58. The van der Waals surface area contributed by atoms with Gasteiger partial charge < -0.3 is 15.2 Å². The molecule has 0 saturated carbocycles. The zero-order valence-corrected chi connectivity index (χ0v) is 14.0. The first-order valence-electron chi connectivity index (χ1n) is 6.92. The van der Waals surface area contributed by atoms with E-state index in [9.17, 15) is 0 Å². The summed E-state index contributed by atoms with van der Waals surface area (Å²) in [4.78, 5) is 5.87. The summed E-state index contributed by atoms with van der Waals surface area (Å²) in [6.45, 7) is 6.11. The highest BCUT2D eigenvalue weighted by Gasteiger charge is 2.24. The fourth-order valence-electron chi connectivity index (χ4n) is 2.27. The molecule has 1 heterocycles. The summed E-state index contributed by atoms with van der Waals surface area (Å²) in [6.07, 6.45) is 0.860. The van der Waals surface area contributed by atoms with Crippen LogP contribution < -0.4 is 15.2 Å². The van der Waals surface area contributed by atoms with Crippen molar-refractivity contribution >= 4 is 11.3 Å². The molecule has 114 valence electrons. The van der Waals surface area contributed by atoms with Gasteiger partial charge in [-0.2, -0.15) is 0 Å². The van der Waals surface area contributed by atoms with Gasteiger partial charge in [-0.25, -0.2) is 4.98 Å². The van der Waals surface area contributed by atoms with Crippen LogP contribution in [0.1, 0.15) is 31.3 Å². The number of aryl methyl sites for hydroxylation is 1. The van der Waals surface area contributed by atoms with Gasteiger partial charge in [-0.15, -0.1) is 11.3 Å². The van der Waals surface area contributed by atoms with Crippen molar-refractivity contribution in [3.8, 4) is 22.1 Å². The quantitative estimate of drug-likeness (QED) is 0.917. The first-order valence-corrected chi connectivity index (χ1v) is 7.74. The van der Waals surface area contributed by atoms with Crippen LogP contribution in [0.25, 0.3) is 10.6 Å². The van der Waals surface area contributed by atoms with Crippen LogP contribution in [0, 0.1) is 0 Å². The molecule has 2 N–H and O–H groups in total. The van der Waals surface area contributed by atoms with Crippen molar-refractivity contribution in [2.75, 3.05) is 14.2 Å². The third-order valence-corrected chi connectivity index (χ3v) is 4.72. The van der Waals surface area contributed by atoms with Gasteiger partial charge in [-0.3, -0.25) is 0 Å². The summed E-state index contributed by atoms with van der Waals surface area (Å²) in [5.41, 5.74) is 7.86. The van der Waals surface area contributed by atoms with E-state index in [-0.39, 0.29) is 0 Å². The van der Waals surface area contributed by atoms with Crippen molar-refractivity contribution in [1.29, 1.82) is 0 Å². The van der Waals surface area contributed by atoms with Crippen LogP contribution in [0.2, 0.25) is 0 Å². The molecule has 0 bridgehead atoms. The van der Waals surface area contributed by atoms with Crippen LogP contribution in [-0.4, -0.2) is 19.2 Å². The highest BCUT2D eigenvalue weighted by Crippen LogP contribution is 2.41. The van der Waals surface area contributed by atoms with Gasteiger partial charge >= 0.3 is 0 Å². The van der Waals surface area contributed by atoms with Crippen LogP contribution in [0.3, 0.4) is 0 Å². The molecule has 21 heavy (non-hydrogen) atoms.